The molecule has 0 saturated heterocycles. The van der Waals surface area contributed by atoms with Gasteiger partial charge in [-0.15, -0.1) is 9.94 Å². The van der Waals surface area contributed by atoms with Crippen molar-refractivity contribution < 1.29 is 4.84 Å². The molecule has 0 aliphatic carbocycles. The third-order valence-electron chi connectivity index (χ3n) is 2.86. The van der Waals surface area contributed by atoms with Crippen molar-refractivity contribution in [3.05, 3.63) is 65.1 Å². The Kier molecular flexibility index (Phi) is 3.04. The Labute approximate surface area is 114 Å². The molecule has 20 heavy (non-hydrogen) atoms. The lowest BCUT2D eigenvalue weighted by molar-refractivity contribution is 0.130. The molecule has 3 aromatic rings. The van der Waals surface area contributed by atoms with Crippen molar-refractivity contribution in [3.63, 3.8) is 0 Å². The average Bonchev–Trinajstić information content (AvgIpc) is 2.98. The summed E-state index contributed by atoms with van der Waals surface area (Å²) in [5.41, 5.74) is 1.58. The second-order valence-electron chi connectivity index (χ2n) is 4.08. The van der Waals surface area contributed by atoms with Gasteiger partial charge in [0.25, 0.3) is 0 Å². The van der Waals surface area contributed by atoms with E-state index in [0.717, 1.165) is 5.69 Å². The van der Waals surface area contributed by atoms with Crippen LogP contribution in [0.25, 0.3) is 17.1 Å². The van der Waals surface area contributed by atoms with E-state index in [-0.39, 0.29) is 11.1 Å². The van der Waals surface area contributed by atoms with Crippen LogP contribution in [0.5, 0.6) is 0 Å². The van der Waals surface area contributed by atoms with E-state index in [9.17, 15) is 4.79 Å². The first-order valence-corrected chi connectivity index (χ1v) is 6.04. The van der Waals surface area contributed by atoms with Crippen LogP contribution in [0.1, 0.15) is 0 Å². The van der Waals surface area contributed by atoms with E-state index in [4.69, 9.17) is 4.84 Å². The predicted molar refractivity (Wildman–Crippen MR) is 73.6 cm³/mol. The summed E-state index contributed by atoms with van der Waals surface area (Å²) in [6.07, 6.45) is 3.10. The van der Waals surface area contributed by atoms with E-state index in [1.807, 2.05) is 30.3 Å². The monoisotopic (exact) mass is 268 g/mol. The molecule has 0 radical (unpaired) electrons. The lowest BCUT2D eigenvalue weighted by Crippen LogP contribution is -2.18. The first kappa shape index (κ1) is 12.2. The van der Waals surface area contributed by atoms with Crippen LogP contribution < -0.4 is 10.3 Å². The van der Waals surface area contributed by atoms with Crippen molar-refractivity contribution in [3.8, 4) is 17.1 Å². The van der Waals surface area contributed by atoms with Gasteiger partial charge in [-0.1, -0.05) is 18.2 Å². The Hall–Kier alpha value is -2.89. The summed E-state index contributed by atoms with van der Waals surface area (Å²) < 4.78 is 1.67. The number of nitrogens with zero attached hydrogens (tertiary/aromatic N) is 4. The van der Waals surface area contributed by atoms with Crippen LogP contribution in [0.2, 0.25) is 0 Å². The molecule has 0 bridgehead atoms. The number of hydrogen-bond acceptors (Lipinski definition) is 4. The van der Waals surface area contributed by atoms with E-state index in [1.54, 1.807) is 16.9 Å². The lowest BCUT2D eigenvalue weighted by atomic mass is 10.2. The third kappa shape index (κ3) is 2.07. The lowest BCUT2D eigenvalue weighted by Gasteiger charge is -2.08. The standard InChI is InChI=1S/C14H12N4O2/c1-20-17-10-8-13(19)14(16-17)12-7-9-15-18(12)11-5-3-2-4-6-11/h2-10H,1H3. The van der Waals surface area contributed by atoms with Crippen LogP contribution in [0.3, 0.4) is 0 Å². The van der Waals surface area contributed by atoms with Gasteiger partial charge in [-0.05, 0) is 18.2 Å². The van der Waals surface area contributed by atoms with Gasteiger partial charge >= 0.3 is 0 Å². The first-order chi connectivity index (χ1) is 9.79. The first-order valence-electron chi connectivity index (χ1n) is 6.04. The summed E-state index contributed by atoms with van der Waals surface area (Å²) in [4.78, 5) is 18.2. The van der Waals surface area contributed by atoms with Crippen LogP contribution in [0.15, 0.2) is 59.7 Å². The zero-order valence-corrected chi connectivity index (χ0v) is 10.8. The molecule has 0 N–H and O–H groups in total. The summed E-state index contributed by atoms with van der Waals surface area (Å²) in [5, 5.41) is 8.39. The minimum Gasteiger partial charge on any atom is -0.400 e. The third-order valence-corrected chi connectivity index (χ3v) is 2.86. The molecule has 100 valence electrons. The molecular formula is C14H12N4O2. The zero-order valence-electron chi connectivity index (χ0n) is 10.8. The quantitative estimate of drug-likeness (QED) is 0.715. The molecule has 0 aliphatic heterocycles. The molecule has 0 spiro atoms. The van der Waals surface area contributed by atoms with Crippen LogP contribution in [0, 0.1) is 0 Å². The molecule has 6 nitrogen and oxygen atoms in total. The highest BCUT2D eigenvalue weighted by molar-refractivity contribution is 5.56. The molecule has 2 heterocycles. The highest BCUT2D eigenvalue weighted by Gasteiger charge is 2.12. The van der Waals surface area contributed by atoms with E-state index < -0.39 is 0 Å². The van der Waals surface area contributed by atoms with Crippen LogP contribution in [-0.4, -0.2) is 26.8 Å². The van der Waals surface area contributed by atoms with Gasteiger partial charge in [0.15, 0.2) is 5.69 Å². The normalized spacial score (nSPS) is 10.4. The molecule has 3 rings (SSSR count). The van der Waals surface area contributed by atoms with E-state index in [1.165, 1.54) is 24.2 Å². The molecular weight excluding hydrogens is 256 g/mol. The Bertz CT molecular complexity index is 777. The van der Waals surface area contributed by atoms with Crippen LogP contribution in [-0.2, 0) is 0 Å². The number of rotatable bonds is 3. The van der Waals surface area contributed by atoms with Crippen molar-refractivity contribution in [2.45, 2.75) is 0 Å². The molecule has 0 fully saturated rings. The zero-order chi connectivity index (χ0) is 13.9. The van der Waals surface area contributed by atoms with Crippen molar-refractivity contribution in [2.75, 3.05) is 7.11 Å². The smallest absolute Gasteiger partial charge is 0.210 e. The number of para-hydroxylation sites is 1. The van der Waals surface area contributed by atoms with E-state index in [0.29, 0.717) is 5.69 Å². The van der Waals surface area contributed by atoms with Crippen molar-refractivity contribution in [2.24, 2.45) is 0 Å². The van der Waals surface area contributed by atoms with Crippen molar-refractivity contribution in [1.29, 1.82) is 0 Å². The fourth-order valence-corrected chi connectivity index (χ4v) is 1.93. The summed E-state index contributed by atoms with van der Waals surface area (Å²) in [5.74, 6) is 0. The Morgan fingerprint density at radius 1 is 1.10 bits per heavy atom. The molecule has 0 amide bonds. The van der Waals surface area contributed by atoms with Gasteiger partial charge in [0, 0.05) is 6.07 Å². The summed E-state index contributed by atoms with van der Waals surface area (Å²) in [6, 6.07) is 12.7. The van der Waals surface area contributed by atoms with Crippen molar-refractivity contribution in [1.82, 2.24) is 19.7 Å². The molecule has 0 unspecified atom stereocenters. The maximum absolute atomic E-state index is 12.0. The predicted octanol–water partition coefficient (Wildman–Crippen LogP) is 1.15. The van der Waals surface area contributed by atoms with Gasteiger partial charge in [0.05, 0.1) is 23.8 Å². The van der Waals surface area contributed by atoms with Crippen LogP contribution in [0.4, 0.5) is 0 Å². The fourth-order valence-electron chi connectivity index (χ4n) is 1.93. The average molecular weight is 268 g/mol. The maximum atomic E-state index is 12.0. The van der Waals surface area contributed by atoms with Gasteiger partial charge in [-0.2, -0.15) is 5.10 Å². The molecule has 1 aromatic carbocycles. The fraction of sp³-hybridized carbons (Fsp3) is 0.0714. The Balaban J connectivity index is 2.18. The van der Waals surface area contributed by atoms with Crippen LogP contribution >= 0.6 is 0 Å². The van der Waals surface area contributed by atoms with E-state index in [2.05, 4.69) is 10.2 Å². The Morgan fingerprint density at radius 2 is 1.90 bits per heavy atom. The summed E-state index contributed by atoms with van der Waals surface area (Å²) in [6.45, 7) is 0. The Morgan fingerprint density at radius 3 is 2.65 bits per heavy atom. The second-order valence-corrected chi connectivity index (χ2v) is 4.08. The molecule has 0 saturated carbocycles. The molecule has 2 aromatic heterocycles. The second kappa shape index (κ2) is 5.00. The van der Waals surface area contributed by atoms with Gasteiger partial charge in [-0.3, -0.25) is 4.79 Å². The summed E-state index contributed by atoms with van der Waals surface area (Å²) in [7, 11) is 1.48. The van der Waals surface area contributed by atoms with Gasteiger partial charge in [-0.25, -0.2) is 4.68 Å². The largest absolute Gasteiger partial charge is 0.400 e. The SMILES string of the molecule is COn1ccc(=O)c(-c2ccnn2-c2ccccc2)n1. The highest BCUT2D eigenvalue weighted by atomic mass is 16.7. The number of aromatic nitrogens is 4. The summed E-state index contributed by atoms with van der Waals surface area (Å²) >= 11 is 0. The van der Waals surface area contributed by atoms with Crippen molar-refractivity contribution >= 4 is 0 Å². The van der Waals surface area contributed by atoms with Gasteiger partial charge in [0.2, 0.25) is 5.43 Å². The number of benzene rings is 1. The minimum atomic E-state index is -0.184. The molecule has 6 heteroatoms. The topological polar surface area (TPSA) is 61.9 Å². The highest BCUT2D eigenvalue weighted by Crippen LogP contribution is 2.17. The minimum absolute atomic E-state index is 0.184. The maximum Gasteiger partial charge on any atom is 0.210 e. The molecule has 0 atom stereocenters. The van der Waals surface area contributed by atoms with E-state index >= 15 is 0 Å². The van der Waals surface area contributed by atoms with Gasteiger partial charge in [0.1, 0.15) is 7.11 Å². The number of hydrogen-bond donors (Lipinski definition) is 0. The molecule has 0 aliphatic rings. The van der Waals surface area contributed by atoms with Gasteiger partial charge < -0.3 is 4.84 Å².